The topological polar surface area (TPSA) is 61.9 Å². The van der Waals surface area contributed by atoms with E-state index in [4.69, 9.17) is 4.74 Å². The minimum Gasteiger partial charge on any atom is -0.378 e. The summed E-state index contributed by atoms with van der Waals surface area (Å²) in [7, 11) is 1.65. The number of nitrogens with one attached hydrogen (secondary N) is 1. The van der Waals surface area contributed by atoms with Crippen molar-refractivity contribution >= 4 is 34.5 Å². The third-order valence-electron chi connectivity index (χ3n) is 4.63. The van der Waals surface area contributed by atoms with E-state index in [2.05, 4.69) is 10.2 Å². The fourth-order valence-corrected chi connectivity index (χ4v) is 3.96. The molecule has 0 unspecified atom stereocenters. The molecule has 0 radical (unpaired) electrons. The number of likely N-dealkylation sites (N-methyl/N-ethyl adjacent to an activating group) is 1. The van der Waals surface area contributed by atoms with Gasteiger partial charge in [-0.05, 0) is 49.7 Å². The Balaban J connectivity index is 1.54. The lowest BCUT2D eigenvalue weighted by Gasteiger charge is -2.28. The fraction of sp³-hybridized carbons (Fsp3) is 0.400. The summed E-state index contributed by atoms with van der Waals surface area (Å²) < 4.78 is 5.36. The Morgan fingerprint density at radius 2 is 1.85 bits per heavy atom. The van der Waals surface area contributed by atoms with Crippen LogP contribution < -0.4 is 10.2 Å². The molecule has 2 heterocycles. The monoisotopic (exact) mass is 387 g/mol. The van der Waals surface area contributed by atoms with E-state index in [1.165, 1.54) is 16.2 Å². The van der Waals surface area contributed by atoms with Crippen molar-refractivity contribution in [2.24, 2.45) is 0 Å². The number of rotatable bonds is 5. The highest BCUT2D eigenvalue weighted by Gasteiger charge is 2.18. The molecule has 0 aliphatic carbocycles. The molecule has 0 bridgehead atoms. The lowest BCUT2D eigenvalue weighted by atomic mass is 10.2. The van der Waals surface area contributed by atoms with Gasteiger partial charge in [0.05, 0.1) is 24.6 Å². The van der Waals surface area contributed by atoms with Crippen molar-refractivity contribution in [3.05, 3.63) is 45.6 Å². The standard InChI is InChI=1S/C20H25N3O3S/c1-14-12-18(27-15(14)2)20(25)22(3)13-19(24)21-16-4-6-17(7-5-16)23-8-10-26-11-9-23/h4-7,12H,8-11,13H2,1-3H3,(H,21,24). The number of anilines is 2. The maximum absolute atomic E-state index is 12.5. The summed E-state index contributed by atoms with van der Waals surface area (Å²) in [6.45, 7) is 7.21. The maximum atomic E-state index is 12.5. The largest absolute Gasteiger partial charge is 0.378 e. The molecule has 1 fully saturated rings. The van der Waals surface area contributed by atoms with Crippen LogP contribution in [0.25, 0.3) is 0 Å². The minimum atomic E-state index is -0.213. The molecular weight excluding hydrogens is 362 g/mol. The van der Waals surface area contributed by atoms with Gasteiger partial charge in [0, 0.05) is 36.4 Å². The number of thiophene rings is 1. The molecule has 7 heteroatoms. The Morgan fingerprint density at radius 1 is 1.19 bits per heavy atom. The van der Waals surface area contributed by atoms with Crippen LogP contribution in [0.15, 0.2) is 30.3 Å². The SMILES string of the molecule is Cc1cc(C(=O)N(C)CC(=O)Nc2ccc(N3CCOCC3)cc2)sc1C. The van der Waals surface area contributed by atoms with Gasteiger partial charge in [0.2, 0.25) is 5.91 Å². The van der Waals surface area contributed by atoms with E-state index in [1.807, 2.05) is 44.2 Å². The highest BCUT2D eigenvalue weighted by Crippen LogP contribution is 2.22. The molecule has 1 aromatic heterocycles. The van der Waals surface area contributed by atoms with Gasteiger partial charge < -0.3 is 19.9 Å². The first-order valence-electron chi connectivity index (χ1n) is 8.99. The average molecular weight is 388 g/mol. The molecule has 1 aliphatic heterocycles. The van der Waals surface area contributed by atoms with Crippen LogP contribution in [0, 0.1) is 13.8 Å². The van der Waals surface area contributed by atoms with E-state index < -0.39 is 0 Å². The summed E-state index contributed by atoms with van der Waals surface area (Å²) in [6.07, 6.45) is 0. The zero-order valence-corrected chi connectivity index (χ0v) is 16.8. The fourth-order valence-electron chi connectivity index (χ4n) is 2.93. The van der Waals surface area contributed by atoms with Crippen LogP contribution in [-0.2, 0) is 9.53 Å². The molecule has 1 N–H and O–H groups in total. The van der Waals surface area contributed by atoms with Gasteiger partial charge in [-0.2, -0.15) is 0 Å². The first-order chi connectivity index (χ1) is 12.9. The second-order valence-corrected chi connectivity index (χ2v) is 7.96. The van der Waals surface area contributed by atoms with E-state index in [0.29, 0.717) is 4.88 Å². The minimum absolute atomic E-state index is 0.0139. The Kier molecular flexibility index (Phi) is 6.13. The smallest absolute Gasteiger partial charge is 0.264 e. The predicted octanol–water partition coefficient (Wildman–Crippen LogP) is 2.91. The lowest BCUT2D eigenvalue weighted by Crippen LogP contribution is -2.36. The predicted molar refractivity (Wildman–Crippen MR) is 109 cm³/mol. The van der Waals surface area contributed by atoms with E-state index >= 15 is 0 Å². The van der Waals surface area contributed by atoms with Crippen molar-refractivity contribution in [3.8, 4) is 0 Å². The molecule has 6 nitrogen and oxygen atoms in total. The van der Waals surface area contributed by atoms with E-state index in [0.717, 1.165) is 48.1 Å². The zero-order valence-electron chi connectivity index (χ0n) is 15.9. The van der Waals surface area contributed by atoms with Crippen molar-refractivity contribution < 1.29 is 14.3 Å². The Labute approximate surface area is 163 Å². The molecule has 1 aliphatic rings. The average Bonchev–Trinajstić information content (AvgIpc) is 3.01. The van der Waals surface area contributed by atoms with Crippen molar-refractivity contribution in [1.29, 1.82) is 0 Å². The van der Waals surface area contributed by atoms with E-state index in [1.54, 1.807) is 7.05 Å². The van der Waals surface area contributed by atoms with Crippen molar-refractivity contribution in [2.75, 3.05) is 50.1 Å². The Bertz CT molecular complexity index is 791. The number of ether oxygens (including phenoxy) is 1. The van der Waals surface area contributed by atoms with Crippen LogP contribution in [-0.4, -0.2) is 56.6 Å². The van der Waals surface area contributed by atoms with Crippen LogP contribution >= 0.6 is 11.3 Å². The number of benzene rings is 1. The van der Waals surface area contributed by atoms with Gasteiger partial charge in [-0.1, -0.05) is 0 Å². The van der Waals surface area contributed by atoms with Crippen LogP contribution in [0.2, 0.25) is 0 Å². The van der Waals surface area contributed by atoms with Gasteiger partial charge >= 0.3 is 0 Å². The van der Waals surface area contributed by atoms with Gasteiger partial charge in [-0.25, -0.2) is 0 Å². The number of hydrogen-bond acceptors (Lipinski definition) is 5. The van der Waals surface area contributed by atoms with Crippen LogP contribution in [0.1, 0.15) is 20.1 Å². The van der Waals surface area contributed by atoms with Gasteiger partial charge in [-0.15, -0.1) is 11.3 Å². The van der Waals surface area contributed by atoms with Gasteiger partial charge in [0.25, 0.3) is 5.91 Å². The van der Waals surface area contributed by atoms with Crippen molar-refractivity contribution in [3.63, 3.8) is 0 Å². The molecule has 0 spiro atoms. The van der Waals surface area contributed by atoms with Crippen LogP contribution in [0.3, 0.4) is 0 Å². The highest BCUT2D eigenvalue weighted by atomic mass is 32.1. The number of carbonyl (C=O) groups excluding carboxylic acids is 2. The van der Waals surface area contributed by atoms with Gasteiger partial charge in [0.1, 0.15) is 0 Å². The zero-order chi connectivity index (χ0) is 19.4. The van der Waals surface area contributed by atoms with Gasteiger partial charge in [0.15, 0.2) is 0 Å². The summed E-state index contributed by atoms with van der Waals surface area (Å²) in [4.78, 5) is 30.2. The molecule has 2 aromatic rings. The van der Waals surface area contributed by atoms with Crippen molar-refractivity contribution in [1.82, 2.24) is 4.90 Å². The lowest BCUT2D eigenvalue weighted by molar-refractivity contribution is -0.116. The van der Waals surface area contributed by atoms with E-state index in [9.17, 15) is 9.59 Å². The normalized spacial score (nSPS) is 14.1. The summed E-state index contributed by atoms with van der Waals surface area (Å²) >= 11 is 1.46. The molecule has 0 saturated carbocycles. The summed E-state index contributed by atoms with van der Waals surface area (Å²) in [5.41, 5.74) is 2.94. The molecule has 1 saturated heterocycles. The van der Waals surface area contributed by atoms with Crippen molar-refractivity contribution in [2.45, 2.75) is 13.8 Å². The number of amides is 2. The summed E-state index contributed by atoms with van der Waals surface area (Å²) in [6, 6.07) is 9.63. The first-order valence-corrected chi connectivity index (χ1v) is 9.81. The maximum Gasteiger partial charge on any atom is 0.264 e. The molecule has 3 rings (SSSR count). The third kappa shape index (κ3) is 4.87. The molecule has 27 heavy (non-hydrogen) atoms. The first kappa shape index (κ1) is 19.4. The molecule has 144 valence electrons. The quantitative estimate of drug-likeness (QED) is 0.857. The van der Waals surface area contributed by atoms with Gasteiger partial charge in [-0.3, -0.25) is 9.59 Å². The molecule has 2 amide bonds. The summed E-state index contributed by atoms with van der Waals surface area (Å²) in [5.74, 6) is -0.344. The molecule has 1 aromatic carbocycles. The molecular formula is C20H25N3O3S. The second-order valence-electron chi connectivity index (χ2n) is 6.71. The number of morpholine rings is 1. The summed E-state index contributed by atoms with van der Waals surface area (Å²) in [5, 5.41) is 2.85. The van der Waals surface area contributed by atoms with E-state index in [-0.39, 0.29) is 18.4 Å². The number of aryl methyl sites for hydroxylation is 2. The van der Waals surface area contributed by atoms with Crippen LogP contribution in [0.5, 0.6) is 0 Å². The second kappa shape index (κ2) is 8.54. The number of nitrogens with zero attached hydrogens (tertiary/aromatic N) is 2. The third-order valence-corrected chi connectivity index (χ3v) is 5.77. The highest BCUT2D eigenvalue weighted by molar-refractivity contribution is 7.14. The molecule has 0 atom stereocenters. The van der Waals surface area contributed by atoms with Crippen LogP contribution in [0.4, 0.5) is 11.4 Å². The number of carbonyl (C=O) groups is 2. The Morgan fingerprint density at radius 3 is 2.44 bits per heavy atom. The Hall–Kier alpha value is -2.38. The number of hydrogen-bond donors (Lipinski definition) is 1.